The molecule has 1 aromatic carbocycles. The summed E-state index contributed by atoms with van der Waals surface area (Å²) in [6.45, 7) is 7.83. The number of nitrogens with zero attached hydrogens (tertiary/aromatic N) is 1. The zero-order chi connectivity index (χ0) is 22.8. The van der Waals surface area contributed by atoms with E-state index >= 15 is 0 Å². The highest BCUT2D eigenvalue weighted by Gasteiger charge is 2.57. The molecule has 0 saturated heterocycles. The normalized spacial score (nSPS) is 26.5. The Morgan fingerprint density at radius 3 is 2.27 bits per heavy atom. The number of benzene rings is 1. The lowest BCUT2D eigenvalue weighted by atomic mass is 9.61. The van der Waals surface area contributed by atoms with Gasteiger partial charge in [0.05, 0.1) is 28.7 Å². The first-order chi connectivity index (χ1) is 13.8. The van der Waals surface area contributed by atoms with Crippen LogP contribution in [-0.4, -0.2) is 45.6 Å². The van der Waals surface area contributed by atoms with Crippen LogP contribution >= 0.6 is 0 Å². The molecule has 30 heavy (non-hydrogen) atoms. The van der Waals surface area contributed by atoms with E-state index in [2.05, 4.69) is 0 Å². The van der Waals surface area contributed by atoms with Gasteiger partial charge in [-0.3, -0.25) is 24.5 Å². The second-order valence-electron chi connectivity index (χ2n) is 8.30. The number of hydrogen-bond acceptors (Lipinski definition) is 8. The van der Waals surface area contributed by atoms with Gasteiger partial charge in [0.1, 0.15) is 5.92 Å². The van der Waals surface area contributed by atoms with E-state index in [4.69, 9.17) is 9.47 Å². The van der Waals surface area contributed by atoms with Gasteiger partial charge in [0.2, 0.25) is 0 Å². The largest absolute Gasteiger partial charge is 0.463 e. The number of nitro groups is 1. The van der Waals surface area contributed by atoms with Crippen LogP contribution < -0.4 is 0 Å². The number of rotatable bonds is 6. The monoisotopic (exact) mass is 421 g/mol. The lowest BCUT2D eigenvalue weighted by Crippen LogP contribution is -2.55. The molecule has 9 heteroatoms. The second kappa shape index (κ2) is 8.91. The molecule has 0 radical (unpaired) electrons. The predicted octanol–water partition coefficient (Wildman–Crippen LogP) is 2.54. The first-order valence-electron chi connectivity index (χ1n) is 9.75. The maximum absolute atomic E-state index is 12.9. The van der Waals surface area contributed by atoms with Crippen LogP contribution in [0.4, 0.5) is 5.69 Å². The zero-order valence-electron chi connectivity index (χ0n) is 17.7. The van der Waals surface area contributed by atoms with E-state index < -0.39 is 64.6 Å². The molecule has 0 heterocycles. The van der Waals surface area contributed by atoms with Crippen molar-refractivity contribution >= 4 is 23.4 Å². The number of ether oxygens (including phenoxy) is 2. The number of esters is 2. The number of hydrogen-bond donors (Lipinski definition) is 1. The van der Waals surface area contributed by atoms with Gasteiger partial charge in [0.15, 0.2) is 5.78 Å². The molecule has 0 bridgehead atoms. The fourth-order valence-corrected chi connectivity index (χ4v) is 3.87. The van der Waals surface area contributed by atoms with Crippen molar-refractivity contribution in [1.29, 1.82) is 0 Å². The third-order valence-corrected chi connectivity index (χ3v) is 4.94. The van der Waals surface area contributed by atoms with Gasteiger partial charge in [-0.15, -0.1) is 0 Å². The fraction of sp³-hybridized carbons (Fsp3) is 0.571. The van der Waals surface area contributed by atoms with E-state index in [9.17, 15) is 29.6 Å². The summed E-state index contributed by atoms with van der Waals surface area (Å²) in [4.78, 5) is 49.3. The summed E-state index contributed by atoms with van der Waals surface area (Å²) in [6, 6.07) is 5.34. The lowest BCUT2D eigenvalue weighted by molar-refractivity contribution is -0.385. The minimum atomic E-state index is -1.81. The van der Waals surface area contributed by atoms with Gasteiger partial charge < -0.3 is 14.6 Å². The molecule has 2 rings (SSSR count). The smallest absolute Gasteiger partial charge is 0.317 e. The van der Waals surface area contributed by atoms with E-state index in [0.29, 0.717) is 0 Å². The third kappa shape index (κ3) is 5.02. The lowest BCUT2D eigenvalue weighted by Gasteiger charge is -2.43. The van der Waals surface area contributed by atoms with E-state index in [-0.39, 0.29) is 11.3 Å². The summed E-state index contributed by atoms with van der Waals surface area (Å²) in [6.07, 6.45) is -1.47. The Morgan fingerprint density at radius 1 is 1.17 bits per heavy atom. The van der Waals surface area contributed by atoms with E-state index in [1.54, 1.807) is 27.7 Å². The highest BCUT2D eigenvalue weighted by Crippen LogP contribution is 2.47. The van der Waals surface area contributed by atoms with Crippen molar-refractivity contribution in [1.82, 2.24) is 0 Å². The number of carbonyl (C=O) groups is 3. The first-order valence-corrected chi connectivity index (χ1v) is 9.75. The summed E-state index contributed by atoms with van der Waals surface area (Å²) in [5.74, 6) is -6.12. The standard InChI is InChI=1S/C21H27NO8/c1-11(2)29-19(24)17-15(23)10-21(5,26)18(20(25)30-12(3)4)16(17)13-7-6-8-14(9-13)22(27)28/h6-9,11-12,16-18,26H,10H2,1-5H3. The molecule has 164 valence electrons. The van der Waals surface area contributed by atoms with Crippen molar-refractivity contribution in [2.45, 2.75) is 64.8 Å². The van der Waals surface area contributed by atoms with Crippen molar-refractivity contribution in [3.63, 3.8) is 0 Å². The van der Waals surface area contributed by atoms with Crippen LogP contribution in [0.25, 0.3) is 0 Å². The molecule has 1 N–H and O–H groups in total. The quantitative estimate of drug-likeness (QED) is 0.321. The van der Waals surface area contributed by atoms with Gasteiger partial charge in [-0.25, -0.2) is 0 Å². The topological polar surface area (TPSA) is 133 Å². The zero-order valence-corrected chi connectivity index (χ0v) is 17.7. The van der Waals surface area contributed by atoms with Crippen LogP contribution in [0.2, 0.25) is 0 Å². The summed E-state index contributed by atoms with van der Waals surface area (Å²) >= 11 is 0. The molecule has 0 spiro atoms. The van der Waals surface area contributed by atoms with Crippen molar-refractivity contribution in [2.24, 2.45) is 11.8 Å². The number of non-ortho nitro benzene ring substituents is 1. The summed E-state index contributed by atoms with van der Waals surface area (Å²) < 4.78 is 10.5. The Balaban J connectivity index is 2.67. The Bertz CT molecular complexity index is 837. The molecule has 1 saturated carbocycles. The van der Waals surface area contributed by atoms with Gasteiger partial charge in [-0.2, -0.15) is 0 Å². The fourth-order valence-electron chi connectivity index (χ4n) is 3.87. The molecular weight excluding hydrogens is 394 g/mol. The molecule has 4 unspecified atom stereocenters. The number of nitro benzene ring substituents is 1. The Hall–Kier alpha value is -2.81. The van der Waals surface area contributed by atoms with Gasteiger partial charge in [0, 0.05) is 24.5 Å². The Morgan fingerprint density at radius 2 is 1.73 bits per heavy atom. The number of Topliss-reactive ketones (excluding diaryl/α,β-unsaturated/α-hetero) is 1. The molecule has 1 aromatic rings. The molecule has 0 amide bonds. The molecule has 0 aliphatic heterocycles. The van der Waals surface area contributed by atoms with Crippen LogP contribution in [0.5, 0.6) is 0 Å². The van der Waals surface area contributed by atoms with Gasteiger partial charge in [-0.05, 0) is 40.2 Å². The van der Waals surface area contributed by atoms with E-state index in [1.165, 1.54) is 31.2 Å². The number of aliphatic hydroxyl groups is 1. The third-order valence-electron chi connectivity index (χ3n) is 4.94. The van der Waals surface area contributed by atoms with Gasteiger partial charge in [0.25, 0.3) is 5.69 Å². The molecule has 0 aromatic heterocycles. The van der Waals surface area contributed by atoms with Crippen LogP contribution in [0.15, 0.2) is 24.3 Å². The first kappa shape index (κ1) is 23.5. The van der Waals surface area contributed by atoms with Crippen LogP contribution in [0, 0.1) is 22.0 Å². The second-order valence-corrected chi connectivity index (χ2v) is 8.30. The molecule has 1 aliphatic rings. The minimum absolute atomic E-state index is 0.203. The molecule has 1 aliphatic carbocycles. The van der Waals surface area contributed by atoms with Crippen molar-refractivity contribution in [3.8, 4) is 0 Å². The molecule has 1 fully saturated rings. The maximum atomic E-state index is 12.9. The SMILES string of the molecule is CC(C)OC(=O)C1C(=O)CC(C)(O)C(C(=O)OC(C)C)C1c1cccc([N+](=O)[O-])c1. The number of carbonyl (C=O) groups excluding carboxylic acids is 3. The predicted molar refractivity (Wildman–Crippen MR) is 106 cm³/mol. The van der Waals surface area contributed by atoms with Crippen molar-refractivity contribution in [2.75, 3.05) is 0 Å². The summed E-state index contributed by atoms with van der Waals surface area (Å²) in [5, 5.41) is 22.2. The number of ketones is 1. The van der Waals surface area contributed by atoms with E-state index in [1.807, 2.05) is 0 Å². The van der Waals surface area contributed by atoms with Gasteiger partial charge >= 0.3 is 11.9 Å². The maximum Gasteiger partial charge on any atom is 0.317 e. The molecule has 4 atom stereocenters. The average molecular weight is 421 g/mol. The van der Waals surface area contributed by atoms with Crippen molar-refractivity contribution in [3.05, 3.63) is 39.9 Å². The minimum Gasteiger partial charge on any atom is -0.463 e. The average Bonchev–Trinajstić information content (AvgIpc) is 2.58. The van der Waals surface area contributed by atoms with Gasteiger partial charge in [-0.1, -0.05) is 12.1 Å². The van der Waals surface area contributed by atoms with Crippen molar-refractivity contribution < 1.29 is 33.9 Å². The van der Waals surface area contributed by atoms with Crippen LogP contribution in [-0.2, 0) is 23.9 Å². The molecular formula is C21H27NO8. The van der Waals surface area contributed by atoms with Crippen LogP contribution in [0.3, 0.4) is 0 Å². The molecule has 9 nitrogen and oxygen atoms in total. The van der Waals surface area contributed by atoms with E-state index in [0.717, 1.165) is 0 Å². The summed E-state index contributed by atoms with van der Waals surface area (Å²) in [7, 11) is 0. The van der Waals surface area contributed by atoms with Crippen LogP contribution in [0.1, 0.15) is 52.5 Å². The Kier molecular flexibility index (Phi) is 6.97. The highest BCUT2D eigenvalue weighted by atomic mass is 16.6. The Labute approximate surface area is 174 Å². The summed E-state index contributed by atoms with van der Waals surface area (Å²) in [5.41, 5.74) is -1.88. The highest BCUT2D eigenvalue weighted by molar-refractivity contribution is 6.02.